The molecule has 0 unspecified atom stereocenters. The summed E-state index contributed by atoms with van der Waals surface area (Å²) in [6, 6.07) is 7.47. The molecule has 1 N–H and O–H groups in total. The molecule has 2 aliphatic heterocycles. The molecule has 132 valence electrons. The fourth-order valence-corrected chi connectivity index (χ4v) is 3.98. The molecule has 4 rings (SSSR count). The smallest absolute Gasteiger partial charge is 0.308 e. The maximum absolute atomic E-state index is 12.8. The summed E-state index contributed by atoms with van der Waals surface area (Å²) in [5.74, 6) is -0.662. The number of hydrogen-bond donors (Lipinski definition) is 1. The molecule has 1 amide bonds. The standard InChI is InChI=1S/C19H23N3O3/c1-12-8-9-22(20-12)15-6-4-14(5-7-15)18(23)21-10-16(13-2-3-13)17(11-21)19(24)25/h4-7,13,16-17H,2-3,8-11H2,1H3,(H,24,25)/t16-,17+/m1/s1. The van der Waals surface area contributed by atoms with Crippen LogP contribution in [0.15, 0.2) is 29.4 Å². The first-order chi connectivity index (χ1) is 12.0. The summed E-state index contributed by atoms with van der Waals surface area (Å²) in [6.07, 6.45) is 3.16. The van der Waals surface area contributed by atoms with Crippen LogP contribution in [0.1, 0.15) is 36.5 Å². The number of hydrazone groups is 1. The monoisotopic (exact) mass is 341 g/mol. The van der Waals surface area contributed by atoms with Crippen LogP contribution in [0.5, 0.6) is 0 Å². The molecular weight excluding hydrogens is 318 g/mol. The lowest BCUT2D eigenvalue weighted by Crippen LogP contribution is -2.30. The minimum absolute atomic E-state index is 0.0675. The van der Waals surface area contributed by atoms with Gasteiger partial charge in [-0.3, -0.25) is 14.6 Å². The molecule has 2 atom stereocenters. The minimum Gasteiger partial charge on any atom is -0.481 e. The van der Waals surface area contributed by atoms with Crippen LogP contribution in [0, 0.1) is 17.8 Å². The van der Waals surface area contributed by atoms with Gasteiger partial charge in [0.1, 0.15) is 0 Å². The van der Waals surface area contributed by atoms with E-state index in [2.05, 4.69) is 5.10 Å². The lowest BCUT2D eigenvalue weighted by Gasteiger charge is -2.18. The Kier molecular flexibility index (Phi) is 3.98. The van der Waals surface area contributed by atoms with E-state index in [-0.39, 0.29) is 11.8 Å². The fourth-order valence-electron chi connectivity index (χ4n) is 3.98. The highest BCUT2D eigenvalue weighted by Gasteiger charge is 2.46. The van der Waals surface area contributed by atoms with Gasteiger partial charge in [0.05, 0.1) is 11.6 Å². The lowest BCUT2D eigenvalue weighted by molar-refractivity contribution is -0.142. The van der Waals surface area contributed by atoms with E-state index in [1.54, 1.807) is 4.90 Å². The average Bonchev–Trinajstić information content (AvgIpc) is 3.20. The van der Waals surface area contributed by atoms with E-state index in [1.165, 1.54) is 0 Å². The van der Waals surface area contributed by atoms with E-state index >= 15 is 0 Å². The van der Waals surface area contributed by atoms with E-state index in [1.807, 2.05) is 36.2 Å². The molecule has 1 aromatic rings. The maximum Gasteiger partial charge on any atom is 0.308 e. The van der Waals surface area contributed by atoms with Gasteiger partial charge in [-0.25, -0.2) is 0 Å². The number of hydrogen-bond acceptors (Lipinski definition) is 4. The van der Waals surface area contributed by atoms with E-state index < -0.39 is 11.9 Å². The van der Waals surface area contributed by atoms with Crippen LogP contribution >= 0.6 is 0 Å². The normalized spacial score (nSPS) is 26.0. The lowest BCUT2D eigenvalue weighted by atomic mass is 9.92. The SMILES string of the molecule is CC1=NN(c2ccc(C(=O)N3C[C@H](C(=O)O)[C@@H](C4CC4)C3)cc2)CC1. The number of carbonyl (C=O) groups is 2. The molecule has 0 bridgehead atoms. The van der Waals surface area contributed by atoms with Gasteiger partial charge in [-0.2, -0.15) is 5.10 Å². The highest BCUT2D eigenvalue weighted by atomic mass is 16.4. The number of likely N-dealkylation sites (tertiary alicyclic amines) is 1. The van der Waals surface area contributed by atoms with Crippen molar-refractivity contribution in [2.45, 2.75) is 26.2 Å². The number of carbonyl (C=O) groups excluding carboxylic acids is 1. The van der Waals surface area contributed by atoms with Gasteiger partial charge in [-0.1, -0.05) is 0 Å². The second-order valence-electron chi connectivity index (χ2n) is 7.41. The topological polar surface area (TPSA) is 73.2 Å². The van der Waals surface area contributed by atoms with Crippen LogP contribution < -0.4 is 5.01 Å². The molecule has 1 aliphatic carbocycles. The third-order valence-corrected chi connectivity index (χ3v) is 5.59. The van der Waals surface area contributed by atoms with Gasteiger partial charge in [0, 0.05) is 37.3 Å². The molecule has 25 heavy (non-hydrogen) atoms. The number of rotatable bonds is 4. The van der Waals surface area contributed by atoms with Gasteiger partial charge in [0.25, 0.3) is 5.91 Å². The summed E-state index contributed by atoms with van der Waals surface area (Å²) in [7, 11) is 0. The van der Waals surface area contributed by atoms with Crippen LogP contribution in [0.3, 0.4) is 0 Å². The number of benzene rings is 1. The highest BCUT2D eigenvalue weighted by Crippen LogP contribution is 2.44. The van der Waals surface area contributed by atoms with Gasteiger partial charge in [0.2, 0.25) is 0 Å². The Bertz CT molecular complexity index is 724. The molecule has 2 fully saturated rings. The van der Waals surface area contributed by atoms with Crippen molar-refractivity contribution in [2.75, 3.05) is 24.6 Å². The average molecular weight is 341 g/mol. The number of amides is 1. The zero-order valence-corrected chi connectivity index (χ0v) is 14.4. The van der Waals surface area contributed by atoms with Crippen molar-refractivity contribution < 1.29 is 14.7 Å². The Morgan fingerprint density at radius 1 is 1.16 bits per heavy atom. The molecule has 1 saturated heterocycles. The first kappa shape index (κ1) is 16.1. The Morgan fingerprint density at radius 2 is 1.88 bits per heavy atom. The molecule has 0 radical (unpaired) electrons. The van der Waals surface area contributed by atoms with E-state index in [0.717, 1.165) is 37.2 Å². The van der Waals surface area contributed by atoms with Crippen LogP contribution in [0.2, 0.25) is 0 Å². The number of nitrogens with zero attached hydrogens (tertiary/aromatic N) is 3. The summed E-state index contributed by atoms with van der Waals surface area (Å²) in [6.45, 7) is 3.78. The molecular formula is C19H23N3O3. The molecule has 6 heteroatoms. The Hall–Kier alpha value is -2.37. The quantitative estimate of drug-likeness (QED) is 0.913. The third kappa shape index (κ3) is 3.13. The predicted molar refractivity (Wildman–Crippen MR) is 94.8 cm³/mol. The van der Waals surface area contributed by atoms with E-state index in [0.29, 0.717) is 24.6 Å². The van der Waals surface area contributed by atoms with Crippen LogP contribution in [-0.2, 0) is 4.79 Å². The van der Waals surface area contributed by atoms with Crippen LogP contribution in [0.25, 0.3) is 0 Å². The van der Waals surface area contributed by atoms with Crippen molar-refractivity contribution in [1.29, 1.82) is 0 Å². The fraction of sp³-hybridized carbons (Fsp3) is 0.526. The van der Waals surface area contributed by atoms with Crippen molar-refractivity contribution in [3.63, 3.8) is 0 Å². The van der Waals surface area contributed by atoms with Gasteiger partial charge in [-0.15, -0.1) is 0 Å². The number of anilines is 1. The van der Waals surface area contributed by atoms with E-state index in [9.17, 15) is 14.7 Å². The molecule has 3 aliphatic rings. The Balaban J connectivity index is 1.46. The summed E-state index contributed by atoms with van der Waals surface area (Å²) < 4.78 is 0. The van der Waals surface area contributed by atoms with Crippen molar-refractivity contribution in [3.05, 3.63) is 29.8 Å². The molecule has 0 aromatic heterocycles. The number of carboxylic acid groups (broad SMARTS) is 1. The molecule has 1 aromatic carbocycles. The van der Waals surface area contributed by atoms with Gasteiger partial charge in [-0.05, 0) is 55.9 Å². The first-order valence-electron chi connectivity index (χ1n) is 8.96. The largest absolute Gasteiger partial charge is 0.481 e. The third-order valence-electron chi connectivity index (χ3n) is 5.59. The Morgan fingerprint density at radius 3 is 2.44 bits per heavy atom. The van der Waals surface area contributed by atoms with Crippen molar-refractivity contribution in [3.8, 4) is 0 Å². The van der Waals surface area contributed by atoms with Gasteiger partial charge in [0.15, 0.2) is 0 Å². The second kappa shape index (κ2) is 6.17. The Labute approximate surface area is 147 Å². The summed E-state index contributed by atoms with van der Waals surface area (Å²) in [4.78, 5) is 26.0. The number of aliphatic carboxylic acids is 1. The summed E-state index contributed by atoms with van der Waals surface area (Å²) in [5.41, 5.74) is 2.71. The maximum atomic E-state index is 12.8. The second-order valence-corrected chi connectivity index (χ2v) is 7.41. The van der Waals surface area contributed by atoms with Gasteiger partial charge >= 0.3 is 5.97 Å². The van der Waals surface area contributed by atoms with Crippen molar-refractivity contribution >= 4 is 23.3 Å². The van der Waals surface area contributed by atoms with Crippen molar-refractivity contribution in [1.82, 2.24) is 4.90 Å². The summed E-state index contributed by atoms with van der Waals surface area (Å²) >= 11 is 0. The zero-order valence-electron chi connectivity index (χ0n) is 14.4. The molecule has 0 spiro atoms. The molecule has 6 nitrogen and oxygen atoms in total. The molecule has 2 heterocycles. The molecule has 1 saturated carbocycles. The summed E-state index contributed by atoms with van der Waals surface area (Å²) in [5, 5.41) is 15.9. The van der Waals surface area contributed by atoms with Crippen LogP contribution in [0.4, 0.5) is 5.69 Å². The zero-order chi connectivity index (χ0) is 17.6. The number of carboxylic acids is 1. The van der Waals surface area contributed by atoms with Crippen LogP contribution in [-0.4, -0.2) is 47.2 Å². The predicted octanol–water partition coefficient (Wildman–Crippen LogP) is 2.46. The van der Waals surface area contributed by atoms with Crippen molar-refractivity contribution in [2.24, 2.45) is 22.9 Å². The minimum atomic E-state index is -0.773. The van der Waals surface area contributed by atoms with Gasteiger partial charge < -0.3 is 10.0 Å². The highest BCUT2D eigenvalue weighted by molar-refractivity contribution is 5.95. The van der Waals surface area contributed by atoms with E-state index in [4.69, 9.17) is 0 Å². The first-order valence-corrected chi connectivity index (χ1v) is 8.96.